The highest BCUT2D eigenvalue weighted by Gasteiger charge is 2.22. The molecule has 1 saturated heterocycles. The number of halogens is 1. The topological polar surface area (TPSA) is 36.8 Å². The number of hydrogen-bond donors (Lipinski definition) is 2. The predicted molar refractivity (Wildman–Crippen MR) is 102 cm³/mol. The number of aryl methyl sites for hydroxylation is 1. The van der Waals surface area contributed by atoms with Crippen LogP contribution in [0.2, 0.25) is 0 Å². The quantitative estimate of drug-likeness (QED) is 0.816. The molecule has 5 heteroatoms. The molecule has 0 aromatic heterocycles. The van der Waals surface area contributed by atoms with E-state index in [9.17, 15) is 9.18 Å². The molecule has 0 saturated carbocycles. The van der Waals surface area contributed by atoms with Gasteiger partial charge in [-0.2, -0.15) is 0 Å². The molecule has 0 unspecified atom stereocenters. The number of nitrogens with one attached hydrogen (secondary N) is 2. The smallest absolute Gasteiger partial charge is 0.275 e. The zero-order chi connectivity index (χ0) is 18.4. The molecule has 0 spiro atoms. The van der Waals surface area contributed by atoms with Crippen LogP contribution in [-0.4, -0.2) is 45.2 Å². The minimum atomic E-state index is -0.208. The maximum atomic E-state index is 13.0. The number of quaternary nitrogens is 1. The number of rotatable bonds is 6. The van der Waals surface area contributed by atoms with Crippen LogP contribution in [-0.2, 0) is 11.2 Å². The van der Waals surface area contributed by atoms with Gasteiger partial charge in [0, 0.05) is 12.2 Å². The number of anilines is 1. The molecule has 138 valence electrons. The van der Waals surface area contributed by atoms with Crippen LogP contribution in [0.25, 0.3) is 0 Å². The Balaban J connectivity index is 1.38. The first-order chi connectivity index (χ1) is 12.6. The fourth-order valence-corrected chi connectivity index (χ4v) is 3.43. The summed E-state index contributed by atoms with van der Waals surface area (Å²) in [5.41, 5.74) is 3.60. The highest BCUT2D eigenvalue weighted by atomic mass is 19.1. The Kier molecular flexibility index (Phi) is 6.23. The van der Waals surface area contributed by atoms with Crippen LogP contribution in [0.15, 0.2) is 48.5 Å². The third-order valence-corrected chi connectivity index (χ3v) is 5.05. The molecule has 2 N–H and O–H groups in total. The van der Waals surface area contributed by atoms with Crippen molar-refractivity contribution in [2.75, 3.05) is 44.2 Å². The second-order valence-electron chi connectivity index (χ2n) is 6.92. The van der Waals surface area contributed by atoms with Gasteiger partial charge in [-0.15, -0.1) is 0 Å². The largest absolute Gasteiger partial charge is 0.360 e. The van der Waals surface area contributed by atoms with Gasteiger partial charge in [-0.1, -0.05) is 24.3 Å². The van der Waals surface area contributed by atoms with Crippen LogP contribution < -0.4 is 15.1 Å². The molecule has 1 aliphatic rings. The first kappa shape index (κ1) is 18.4. The maximum absolute atomic E-state index is 13.0. The van der Waals surface area contributed by atoms with Crippen molar-refractivity contribution >= 4 is 11.6 Å². The predicted octanol–water partition coefficient (Wildman–Crippen LogP) is 1.20. The molecule has 1 heterocycles. The maximum Gasteiger partial charge on any atom is 0.275 e. The summed E-state index contributed by atoms with van der Waals surface area (Å²) in [5.74, 6) is -0.0933. The Bertz CT molecular complexity index is 724. The lowest BCUT2D eigenvalue weighted by Gasteiger charge is -2.33. The number of nitrogens with zero attached hydrogens (tertiary/aromatic N) is 1. The lowest BCUT2D eigenvalue weighted by Crippen LogP contribution is -3.16. The van der Waals surface area contributed by atoms with Gasteiger partial charge in [-0.05, 0) is 48.7 Å². The molecule has 2 aromatic carbocycles. The van der Waals surface area contributed by atoms with Crippen LogP contribution in [0, 0.1) is 12.7 Å². The molecule has 26 heavy (non-hydrogen) atoms. The number of carbonyl (C=O) groups is 1. The molecule has 2 aromatic rings. The highest BCUT2D eigenvalue weighted by Crippen LogP contribution is 2.14. The summed E-state index contributed by atoms with van der Waals surface area (Å²) in [7, 11) is 0. The van der Waals surface area contributed by atoms with Crippen molar-refractivity contribution in [3.63, 3.8) is 0 Å². The number of piperazine rings is 1. The van der Waals surface area contributed by atoms with Gasteiger partial charge in [0.2, 0.25) is 0 Å². The Morgan fingerprint density at radius 2 is 1.81 bits per heavy atom. The number of carbonyl (C=O) groups excluding carboxylic acids is 1. The van der Waals surface area contributed by atoms with Crippen molar-refractivity contribution in [1.29, 1.82) is 0 Å². The van der Waals surface area contributed by atoms with Crippen LogP contribution in [0.5, 0.6) is 0 Å². The Morgan fingerprint density at radius 3 is 2.50 bits per heavy atom. The normalized spacial score (nSPS) is 15.1. The summed E-state index contributed by atoms with van der Waals surface area (Å²) < 4.78 is 13.0. The molecule has 3 rings (SSSR count). The zero-order valence-corrected chi connectivity index (χ0v) is 15.3. The van der Waals surface area contributed by atoms with E-state index >= 15 is 0 Å². The third-order valence-electron chi connectivity index (χ3n) is 5.05. The summed E-state index contributed by atoms with van der Waals surface area (Å²) in [5, 5.41) is 3.04. The van der Waals surface area contributed by atoms with Crippen LogP contribution in [0.4, 0.5) is 10.1 Å². The van der Waals surface area contributed by atoms with Crippen LogP contribution in [0.1, 0.15) is 11.1 Å². The lowest BCUT2D eigenvalue weighted by molar-refractivity contribution is -0.892. The van der Waals surface area contributed by atoms with E-state index in [4.69, 9.17) is 0 Å². The van der Waals surface area contributed by atoms with E-state index in [1.54, 1.807) is 0 Å². The molecule has 1 aliphatic heterocycles. The molecule has 0 radical (unpaired) electrons. The summed E-state index contributed by atoms with van der Waals surface area (Å²) in [6, 6.07) is 14.9. The summed E-state index contributed by atoms with van der Waals surface area (Å²) >= 11 is 0. The summed E-state index contributed by atoms with van der Waals surface area (Å²) in [4.78, 5) is 15.7. The average molecular weight is 356 g/mol. The molecule has 0 atom stereocenters. The minimum Gasteiger partial charge on any atom is -0.360 e. The Labute approximate surface area is 154 Å². The van der Waals surface area contributed by atoms with Gasteiger partial charge >= 0.3 is 0 Å². The first-order valence-electron chi connectivity index (χ1n) is 9.27. The fourth-order valence-electron chi connectivity index (χ4n) is 3.43. The van der Waals surface area contributed by atoms with Gasteiger partial charge < -0.3 is 15.1 Å². The first-order valence-corrected chi connectivity index (χ1v) is 9.27. The van der Waals surface area contributed by atoms with Crippen molar-refractivity contribution in [2.45, 2.75) is 13.3 Å². The highest BCUT2D eigenvalue weighted by molar-refractivity contribution is 5.76. The molecular formula is C21H27FN3O+. The van der Waals surface area contributed by atoms with E-state index < -0.39 is 0 Å². The summed E-state index contributed by atoms with van der Waals surface area (Å²) in [6.07, 6.45) is 0.867. The van der Waals surface area contributed by atoms with Gasteiger partial charge in [0.25, 0.3) is 5.91 Å². The monoisotopic (exact) mass is 356 g/mol. The van der Waals surface area contributed by atoms with E-state index in [-0.39, 0.29) is 11.7 Å². The third kappa shape index (κ3) is 5.05. The van der Waals surface area contributed by atoms with E-state index in [2.05, 4.69) is 29.3 Å². The molecule has 0 aliphatic carbocycles. The lowest BCUT2D eigenvalue weighted by atomic mass is 10.1. The van der Waals surface area contributed by atoms with Gasteiger partial charge in [-0.25, -0.2) is 4.39 Å². The van der Waals surface area contributed by atoms with Crippen molar-refractivity contribution in [1.82, 2.24) is 5.32 Å². The number of benzene rings is 2. The van der Waals surface area contributed by atoms with Gasteiger partial charge in [-0.3, -0.25) is 4.79 Å². The zero-order valence-electron chi connectivity index (χ0n) is 15.3. The molecule has 1 fully saturated rings. The van der Waals surface area contributed by atoms with Gasteiger partial charge in [0.15, 0.2) is 6.54 Å². The number of amides is 1. The Hall–Kier alpha value is -2.40. The second-order valence-corrected chi connectivity index (χ2v) is 6.92. The minimum absolute atomic E-state index is 0.115. The average Bonchev–Trinajstić information content (AvgIpc) is 2.65. The van der Waals surface area contributed by atoms with Crippen LogP contribution >= 0.6 is 0 Å². The fraction of sp³-hybridized carbons (Fsp3) is 0.381. The second kappa shape index (κ2) is 8.81. The van der Waals surface area contributed by atoms with Crippen molar-refractivity contribution in [3.05, 3.63) is 65.5 Å². The van der Waals surface area contributed by atoms with E-state index in [0.29, 0.717) is 13.1 Å². The van der Waals surface area contributed by atoms with Crippen molar-refractivity contribution in [2.24, 2.45) is 0 Å². The summed E-state index contributed by atoms with van der Waals surface area (Å²) in [6.45, 7) is 6.91. The van der Waals surface area contributed by atoms with Gasteiger partial charge in [0.1, 0.15) is 5.82 Å². The number of hydrogen-bond acceptors (Lipinski definition) is 2. The van der Waals surface area contributed by atoms with Gasteiger partial charge in [0.05, 0.1) is 26.2 Å². The Morgan fingerprint density at radius 1 is 1.12 bits per heavy atom. The molecular weight excluding hydrogens is 329 g/mol. The SMILES string of the molecule is Cc1ccccc1CCNC(=O)C[NH+]1CCN(c2ccc(F)cc2)CC1. The molecule has 0 bridgehead atoms. The van der Waals surface area contributed by atoms with E-state index in [1.807, 2.05) is 24.3 Å². The van der Waals surface area contributed by atoms with Crippen molar-refractivity contribution < 1.29 is 14.1 Å². The van der Waals surface area contributed by atoms with Crippen molar-refractivity contribution in [3.8, 4) is 0 Å². The molecule has 1 amide bonds. The van der Waals surface area contributed by atoms with E-state index in [1.165, 1.54) is 28.2 Å². The van der Waals surface area contributed by atoms with E-state index in [0.717, 1.165) is 38.3 Å². The molecule has 4 nitrogen and oxygen atoms in total. The standard InChI is InChI=1S/C21H26FN3O/c1-17-4-2-3-5-18(17)10-11-23-21(26)16-24-12-14-25(15-13-24)20-8-6-19(22)7-9-20/h2-9H,10-16H2,1H3,(H,23,26)/p+1. The van der Waals surface area contributed by atoms with Crippen LogP contribution in [0.3, 0.4) is 0 Å².